The molecule has 0 bridgehead atoms. The van der Waals surface area contributed by atoms with Crippen molar-refractivity contribution in [1.82, 2.24) is 4.98 Å². The zero-order chi connectivity index (χ0) is 14.8. The molecule has 1 aromatic heterocycles. The first-order chi connectivity index (χ1) is 10.1. The van der Waals surface area contributed by atoms with E-state index in [0.717, 1.165) is 10.9 Å². The molecule has 0 radical (unpaired) electrons. The minimum atomic E-state index is -0.340. The molecule has 3 aromatic rings. The molecule has 0 saturated heterocycles. The van der Waals surface area contributed by atoms with Gasteiger partial charge >= 0.3 is 0 Å². The molecule has 2 N–H and O–H groups in total. The lowest BCUT2D eigenvalue weighted by Crippen LogP contribution is -2.15. The average Bonchev–Trinajstić information content (AvgIpc) is 2.48. The topological polar surface area (TPSA) is 44.9 Å². The monoisotopic (exact) mass is 346 g/mol. The second-order valence-corrected chi connectivity index (χ2v) is 5.55. The number of aromatic amines is 1. The van der Waals surface area contributed by atoms with Crippen LogP contribution in [0.3, 0.4) is 0 Å². The van der Waals surface area contributed by atoms with Gasteiger partial charge in [0.15, 0.2) is 0 Å². The predicted octanol–water partition coefficient (Wildman–Crippen LogP) is 4.04. The van der Waals surface area contributed by atoms with E-state index in [1.165, 1.54) is 6.07 Å². The molecule has 5 heteroatoms. The van der Waals surface area contributed by atoms with Crippen molar-refractivity contribution >= 4 is 32.5 Å². The molecular formula is C16H12BrFN2O. The Hall–Kier alpha value is -2.14. The first-order valence-electron chi connectivity index (χ1n) is 6.43. The van der Waals surface area contributed by atoms with Gasteiger partial charge in [0.2, 0.25) is 0 Å². The smallest absolute Gasteiger partial charge is 0.253 e. The SMILES string of the molecule is O=c1[nH]c2ccccc2cc1CNc1ccc(Br)c(F)c1. The number of H-pyrrole nitrogens is 1. The normalized spacial score (nSPS) is 10.8. The second-order valence-electron chi connectivity index (χ2n) is 4.69. The van der Waals surface area contributed by atoms with Crippen molar-refractivity contribution in [3.63, 3.8) is 0 Å². The van der Waals surface area contributed by atoms with Crippen LogP contribution >= 0.6 is 15.9 Å². The predicted molar refractivity (Wildman–Crippen MR) is 86.0 cm³/mol. The van der Waals surface area contributed by atoms with E-state index in [0.29, 0.717) is 22.3 Å². The highest BCUT2D eigenvalue weighted by atomic mass is 79.9. The van der Waals surface area contributed by atoms with Crippen LogP contribution in [-0.4, -0.2) is 4.98 Å². The van der Waals surface area contributed by atoms with Crippen molar-refractivity contribution in [2.45, 2.75) is 6.54 Å². The summed E-state index contributed by atoms with van der Waals surface area (Å²) in [6.45, 7) is 0.335. The van der Waals surface area contributed by atoms with Crippen molar-refractivity contribution in [1.29, 1.82) is 0 Å². The molecular weight excluding hydrogens is 335 g/mol. The maximum atomic E-state index is 13.4. The Labute approximate surface area is 128 Å². The third kappa shape index (κ3) is 2.97. The van der Waals surface area contributed by atoms with E-state index in [2.05, 4.69) is 26.2 Å². The van der Waals surface area contributed by atoms with E-state index in [1.54, 1.807) is 12.1 Å². The number of aromatic nitrogens is 1. The number of hydrogen-bond donors (Lipinski definition) is 2. The van der Waals surface area contributed by atoms with Crippen molar-refractivity contribution < 1.29 is 4.39 Å². The lowest BCUT2D eigenvalue weighted by molar-refractivity contribution is 0.621. The highest BCUT2D eigenvalue weighted by molar-refractivity contribution is 9.10. The summed E-state index contributed by atoms with van der Waals surface area (Å²) in [6.07, 6.45) is 0. The average molecular weight is 347 g/mol. The van der Waals surface area contributed by atoms with E-state index in [4.69, 9.17) is 0 Å². The van der Waals surface area contributed by atoms with Gasteiger partial charge in [-0.1, -0.05) is 18.2 Å². The number of hydrogen-bond acceptors (Lipinski definition) is 2. The Morgan fingerprint density at radius 3 is 2.76 bits per heavy atom. The summed E-state index contributed by atoms with van der Waals surface area (Å²) in [5.41, 5.74) is 1.90. The minimum Gasteiger partial charge on any atom is -0.381 e. The summed E-state index contributed by atoms with van der Waals surface area (Å²) in [6, 6.07) is 14.2. The fraction of sp³-hybridized carbons (Fsp3) is 0.0625. The molecule has 106 valence electrons. The third-order valence-electron chi connectivity index (χ3n) is 3.23. The Morgan fingerprint density at radius 2 is 1.95 bits per heavy atom. The highest BCUT2D eigenvalue weighted by Gasteiger charge is 2.04. The van der Waals surface area contributed by atoms with Gasteiger partial charge in [0.1, 0.15) is 5.82 Å². The molecule has 21 heavy (non-hydrogen) atoms. The van der Waals surface area contributed by atoms with Crippen molar-refractivity contribution in [3.05, 3.63) is 74.7 Å². The second kappa shape index (κ2) is 5.69. The Morgan fingerprint density at radius 1 is 1.14 bits per heavy atom. The Balaban J connectivity index is 1.86. The van der Waals surface area contributed by atoms with Gasteiger partial charge in [-0.05, 0) is 51.6 Å². The van der Waals surface area contributed by atoms with Gasteiger partial charge in [-0.3, -0.25) is 4.79 Å². The lowest BCUT2D eigenvalue weighted by atomic mass is 10.1. The molecule has 0 saturated carbocycles. The van der Waals surface area contributed by atoms with Crippen molar-refractivity contribution in [2.75, 3.05) is 5.32 Å². The Bertz CT molecular complexity index is 860. The number of rotatable bonds is 3. The van der Waals surface area contributed by atoms with E-state index >= 15 is 0 Å². The molecule has 0 aliphatic carbocycles. The number of nitrogens with one attached hydrogen (secondary N) is 2. The van der Waals surface area contributed by atoms with E-state index in [-0.39, 0.29) is 11.4 Å². The summed E-state index contributed by atoms with van der Waals surface area (Å²) in [5, 5.41) is 4.02. The molecule has 0 aliphatic rings. The van der Waals surface area contributed by atoms with Gasteiger partial charge in [0.05, 0.1) is 4.47 Å². The molecule has 0 fully saturated rings. The lowest BCUT2D eigenvalue weighted by Gasteiger charge is -2.07. The van der Waals surface area contributed by atoms with Crippen LogP contribution in [-0.2, 0) is 6.54 Å². The molecule has 2 aromatic carbocycles. The van der Waals surface area contributed by atoms with Gasteiger partial charge < -0.3 is 10.3 Å². The first-order valence-corrected chi connectivity index (χ1v) is 7.22. The fourth-order valence-electron chi connectivity index (χ4n) is 2.13. The molecule has 3 nitrogen and oxygen atoms in total. The molecule has 1 heterocycles. The summed E-state index contributed by atoms with van der Waals surface area (Å²) in [7, 11) is 0. The Kier molecular flexibility index (Phi) is 3.75. The molecule has 0 spiro atoms. The molecule has 0 unspecified atom stereocenters. The van der Waals surface area contributed by atoms with Gasteiger partial charge in [-0.15, -0.1) is 0 Å². The maximum absolute atomic E-state index is 13.4. The van der Waals surface area contributed by atoms with E-state index < -0.39 is 0 Å². The van der Waals surface area contributed by atoms with Gasteiger partial charge in [0, 0.05) is 23.3 Å². The van der Waals surface area contributed by atoms with E-state index in [9.17, 15) is 9.18 Å². The largest absolute Gasteiger partial charge is 0.381 e. The number of benzene rings is 2. The summed E-state index contributed by atoms with van der Waals surface area (Å²) < 4.78 is 13.9. The molecule has 0 aliphatic heterocycles. The molecule has 3 rings (SSSR count). The highest BCUT2D eigenvalue weighted by Crippen LogP contribution is 2.19. The van der Waals surface area contributed by atoms with Crippen LogP contribution in [0.5, 0.6) is 0 Å². The van der Waals surface area contributed by atoms with Crippen LogP contribution < -0.4 is 10.9 Å². The van der Waals surface area contributed by atoms with Crippen LogP contribution in [0.4, 0.5) is 10.1 Å². The third-order valence-corrected chi connectivity index (χ3v) is 3.88. The standard InChI is InChI=1S/C16H12BrFN2O/c17-13-6-5-12(8-14(13)18)19-9-11-7-10-3-1-2-4-15(10)20-16(11)21/h1-8,19H,9H2,(H,20,21). The van der Waals surface area contributed by atoms with Crippen LogP contribution in [0.2, 0.25) is 0 Å². The fourth-order valence-corrected chi connectivity index (χ4v) is 2.37. The van der Waals surface area contributed by atoms with Crippen LogP contribution in [0.25, 0.3) is 10.9 Å². The summed E-state index contributed by atoms with van der Waals surface area (Å²) in [5.74, 6) is -0.340. The molecule has 0 amide bonds. The van der Waals surface area contributed by atoms with Crippen LogP contribution in [0.15, 0.2) is 57.8 Å². The molecule has 0 atom stereocenters. The maximum Gasteiger partial charge on any atom is 0.253 e. The number of halogens is 2. The van der Waals surface area contributed by atoms with Crippen molar-refractivity contribution in [2.24, 2.45) is 0 Å². The minimum absolute atomic E-state index is 0.140. The van der Waals surface area contributed by atoms with Crippen LogP contribution in [0, 0.1) is 5.82 Å². The summed E-state index contributed by atoms with van der Waals surface area (Å²) in [4.78, 5) is 14.8. The van der Waals surface area contributed by atoms with Gasteiger partial charge in [-0.25, -0.2) is 4.39 Å². The zero-order valence-electron chi connectivity index (χ0n) is 11.0. The first kappa shape index (κ1) is 13.8. The quantitative estimate of drug-likeness (QED) is 0.751. The number of para-hydroxylation sites is 1. The van der Waals surface area contributed by atoms with E-state index in [1.807, 2.05) is 30.3 Å². The number of fused-ring (bicyclic) bond motifs is 1. The summed E-state index contributed by atoms with van der Waals surface area (Å²) >= 11 is 3.11. The number of pyridine rings is 1. The van der Waals surface area contributed by atoms with Gasteiger partial charge in [-0.2, -0.15) is 0 Å². The zero-order valence-corrected chi connectivity index (χ0v) is 12.6. The van der Waals surface area contributed by atoms with Gasteiger partial charge in [0.25, 0.3) is 5.56 Å². The number of anilines is 1. The van der Waals surface area contributed by atoms with Crippen LogP contribution in [0.1, 0.15) is 5.56 Å². The van der Waals surface area contributed by atoms with Crippen molar-refractivity contribution in [3.8, 4) is 0 Å².